The highest BCUT2D eigenvalue weighted by atomic mass is 35.5. The van der Waals surface area contributed by atoms with Crippen LogP contribution in [0.2, 0.25) is 10.0 Å². The van der Waals surface area contributed by atoms with Crippen molar-refractivity contribution in [3.63, 3.8) is 0 Å². The van der Waals surface area contributed by atoms with Gasteiger partial charge in [-0.15, -0.1) is 0 Å². The molecule has 1 atom stereocenters. The second-order valence-electron chi connectivity index (χ2n) is 9.33. The van der Waals surface area contributed by atoms with Crippen molar-refractivity contribution in [1.82, 2.24) is 10.2 Å². The first-order valence-corrected chi connectivity index (χ1v) is 14.8. The average Bonchev–Trinajstić information content (AvgIpc) is 3.35. The van der Waals surface area contributed by atoms with E-state index in [0.717, 1.165) is 36.2 Å². The largest absolute Gasteiger partial charge is 0.352 e. The van der Waals surface area contributed by atoms with E-state index in [1.165, 1.54) is 23.1 Å². The Labute approximate surface area is 228 Å². The molecule has 0 saturated heterocycles. The number of anilines is 1. The van der Waals surface area contributed by atoms with Crippen molar-refractivity contribution in [2.45, 2.75) is 64.1 Å². The fourth-order valence-electron chi connectivity index (χ4n) is 4.45. The molecule has 1 aliphatic rings. The van der Waals surface area contributed by atoms with E-state index in [9.17, 15) is 22.4 Å². The molecule has 202 valence electrons. The predicted molar refractivity (Wildman–Crippen MR) is 145 cm³/mol. The molecule has 0 aromatic heterocycles. The van der Waals surface area contributed by atoms with Gasteiger partial charge in [-0.05, 0) is 56.0 Å². The lowest BCUT2D eigenvalue weighted by Crippen LogP contribution is -2.49. The molecule has 0 spiro atoms. The van der Waals surface area contributed by atoms with Crippen molar-refractivity contribution < 1.29 is 22.4 Å². The van der Waals surface area contributed by atoms with E-state index in [1.807, 2.05) is 0 Å². The Bertz CT molecular complexity index is 1220. The van der Waals surface area contributed by atoms with Gasteiger partial charge < -0.3 is 10.2 Å². The fourth-order valence-corrected chi connectivity index (χ4v) is 5.73. The minimum atomic E-state index is -3.78. The molecule has 2 amide bonds. The number of nitrogens with zero attached hydrogens (tertiary/aromatic N) is 2. The summed E-state index contributed by atoms with van der Waals surface area (Å²) < 4.78 is 39.9. The fraction of sp³-hybridized carbons (Fsp3) is 0.462. The lowest BCUT2D eigenvalue weighted by Gasteiger charge is -2.30. The average molecular weight is 573 g/mol. The maximum absolute atomic E-state index is 14.3. The number of para-hydroxylation sites is 1. The zero-order valence-corrected chi connectivity index (χ0v) is 23.3. The molecule has 0 bridgehead atoms. The van der Waals surface area contributed by atoms with Crippen molar-refractivity contribution in [3.05, 3.63) is 63.9 Å². The minimum absolute atomic E-state index is 0.0388. The molecule has 0 heterocycles. The van der Waals surface area contributed by atoms with Gasteiger partial charge in [0, 0.05) is 25.6 Å². The van der Waals surface area contributed by atoms with Gasteiger partial charge in [-0.3, -0.25) is 13.9 Å². The van der Waals surface area contributed by atoms with Crippen LogP contribution in [0.5, 0.6) is 0 Å². The third kappa shape index (κ3) is 8.06. The van der Waals surface area contributed by atoms with Crippen molar-refractivity contribution in [2.24, 2.45) is 0 Å². The number of rotatable bonds is 11. The summed E-state index contributed by atoms with van der Waals surface area (Å²) in [5, 5.41) is 3.75. The standard InChI is InChI=1S/C26H32Cl2FN3O4S/c1-18(26(34)30-20-8-3-4-9-20)31(17-19-13-14-21(27)22(28)16-19)25(33)12-7-15-32(37(2,35)36)24-11-6-5-10-23(24)29/h5-6,10-11,13-14,16,18,20H,3-4,7-9,12,15,17H2,1-2H3,(H,30,34)/t18-/m1/s1. The maximum Gasteiger partial charge on any atom is 0.242 e. The van der Waals surface area contributed by atoms with Gasteiger partial charge in [0.1, 0.15) is 11.9 Å². The predicted octanol–water partition coefficient (Wildman–Crippen LogP) is 5.15. The van der Waals surface area contributed by atoms with Crippen LogP contribution in [-0.4, -0.2) is 50.0 Å². The molecule has 11 heteroatoms. The number of carbonyl (C=O) groups is 2. The lowest BCUT2D eigenvalue weighted by molar-refractivity contribution is -0.141. The summed E-state index contributed by atoms with van der Waals surface area (Å²) in [6.07, 6.45) is 5.03. The van der Waals surface area contributed by atoms with Gasteiger partial charge in [0.2, 0.25) is 21.8 Å². The molecule has 0 aliphatic heterocycles. The third-order valence-corrected chi connectivity index (χ3v) is 8.40. The second kappa shape index (κ2) is 12.9. The van der Waals surface area contributed by atoms with Gasteiger partial charge in [0.05, 0.1) is 22.0 Å². The molecule has 1 N–H and O–H groups in total. The van der Waals surface area contributed by atoms with Crippen molar-refractivity contribution in [1.29, 1.82) is 0 Å². The van der Waals surface area contributed by atoms with E-state index >= 15 is 0 Å². The molecular formula is C26H32Cl2FN3O4S. The highest BCUT2D eigenvalue weighted by Gasteiger charge is 2.29. The number of amides is 2. The van der Waals surface area contributed by atoms with Crippen LogP contribution < -0.4 is 9.62 Å². The number of carbonyl (C=O) groups excluding carboxylic acids is 2. The smallest absolute Gasteiger partial charge is 0.242 e. The van der Waals surface area contributed by atoms with E-state index in [-0.39, 0.29) is 49.5 Å². The third-order valence-electron chi connectivity index (χ3n) is 6.48. The zero-order valence-electron chi connectivity index (χ0n) is 20.9. The zero-order chi connectivity index (χ0) is 27.2. The van der Waals surface area contributed by atoms with E-state index in [0.29, 0.717) is 15.6 Å². The Morgan fingerprint density at radius 1 is 1.11 bits per heavy atom. The van der Waals surface area contributed by atoms with Crippen LogP contribution in [0, 0.1) is 5.82 Å². The molecule has 2 aromatic carbocycles. The van der Waals surface area contributed by atoms with E-state index in [1.54, 1.807) is 31.2 Å². The highest BCUT2D eigenvalue weighted by molar-refractivity contribution is 7.92. The monoisotopic (exact) mass is 571 g/mol. The molecule has 7 nitrogen and oxygen atoms in total. The first-order chi connectivity index (χ1) is 17.5. The Kier molecular flexibility index (Phi) is 10.2. The van der Waals surface area contributed by atoms with Gasteiger partial charge in [-0.2, -0.15) is 0 Å². The lowest BCUT2D eigenvalue weighted by atomic mass is 10.1. The number of benzene rings is 2. The van der Waals surface area contributed by atoms with Gasteiger partial charge in [-0.25, -0.2) is 12.8 Å². The van der Waals surface area contributed by atoms with Crippen LogP contribution in [0.4, 0.5) is 10.1 Å². The number of hydrogen-bond donors (Lipinski definition) is 1. The molecule has 0 unspecified atom stereocenters. The normalized spacial score (nSPS) is 14.8. The summed E-state index contributed by atoms with van der Waals surface area (Å²) in [5.74, 6) is -1.25. The van der Waals surface area contributed by atoms with Crippen molar-refractivity contribution in [2.75, 3.05) is 17.1 Å². The second-order valence-corrected chi connectivity index (χ2v) is 12.0. The molecular weight excluding hydrogens is 540 g/mol. The van der Waals surface area contributed by atoms with Gasteiger partial charge in [0.25, 0.3) is 0 Å². The first-order valence-electron chi connectivity index (χ1n) is 12.2. The number of nitrogens with one attached hydrogen (secondary N) is 1. The van der Waals surface area contributed by atoms with Crippen LogP contribution in [0.25, 0.3) is 0 Å². The summed E-state index contributed by atoms with van der Waals surface area (Å²) in [6.45, 7) is 1.70. The van der Waals surface area contributed by atoms with Gasteiger partial charge >= 0.3 is 0 Å². The molecule has 1 aliphatic carbocycles. The summed E-state index contributed by atoms with van der Waals surface area (Å²) in [4.78, 5) is 27.8. The Morgan fingerprint density at radius 2 is 1.78 bits per heavy atom. The highest BCUT2D eigenvalue weighted by Crippen LogP contribution is 2.25. The first kappa shape index (κ1) is 29.2. The van der Waals surface area contributed by atoms with Gasteiger partial charge in [0.15, 0.2) is 0 Å². The minimum Gasteiger partial charge on any atom is -0.352 e. The molecule has 2 aromatic rings. The van der Waals surface area contributed by atoms with Crippen LogP contribution in [0.15, 0.2) is 42.5 Å². The van der Waals surface area contributed by atoms with Crippen LogP contribution >= 0.6 is 23.2 Å². The summed E-state index contributed by atoms with van der Waals surface area (Å²) in [5.41, 5.74) is 0.627. The molecule has 1 saturated carbocycles. The quantitative estimate of drug-likeness (QED) is 0.404. The van der Waals surface area contributed by atoms with E-state index in [2.05, 4.69) is 5.32 Å². The molecule has 3 rings (SSSR count). The Hall–Kier alpha value is -2.36. The SMILES string of the molecule is C[C@H](C(=O)NC1CCCC1)N(Cc1ccc(Cl)c(Cl)c1)C(=O)CCCN(c1ccccc1F)S(C)(=O)=O. The van der Waals surface area contributed by atoms with Crippen molar-refractivity contribution in [3.8, 4) is 0 Å². The van der Waals surface area contributed by atoms with Crippen LogP contribution in [0.1, 0.15) is 51.0 Å². The summed E-state index contributed by atoms with van der Waals surface area (Å²) in [6, 6.07) is 9.93. The Balaban J connectivity index is 1.74. The van der Waals surface area contributed by atoms with Gasteiger partial charge in [-0.1, -0.05) is 54.2 Å². The molecule has 1 fully saturated rings. The van der Waals surface area contributed by atoms with Crippen molar-refractivity contribution >= 4 is 50.7 Å². The Morgan fingerprint density at radius 3 is 2.41 bits per heavy atom. The summed E-state index contributed by atoms with van der Waals surface area (Å²) in [7, 11) is -3.78. The number of halogens is 3. The number of hydrogen-bond acceptors (Lipinski definition) is 4. The summed E-state index contributed by atoms with van der Waals surface area (Å²) >= 11 is 12.2. The topological polar surface area (TPSA) is 86.8 Å². The number of sulfonamides is 1. The molecule has 37 heavy (non-hydrogen) atoms. The van der Waals surface area contributed by atoms with Crippen LogP contribution in [-0.2, 0) is 26.2 Å². The van der Waals surface area contributed by atoms with E-state index in [4.69, 9.17) is 23.2 Å². The van der Waals surface area contributed by atoms with Crippen LogP contribution in [0.3, 0.4) is 0 Å². The molecule has 0 radical (unpaired) electrons. The maximum atomic E-state index is 14.3. The van der Waals surface area contributed by atoms with E-state index < -0.39 is 21.9 Å².